The number of nitrogens with one attached hydrogen (secondary N) is 2. The molecule has 0 saturated heterocycles. The van der Waals surface area contributed by atoms with E-state index in [1.807, 2.05) is 27.8 Å². The minimum absolute atomic E-state index is 0. The lowest BCUT2D eigenvalue weighted by molar-refractivity contribution is -0.118. The van der Waals surface area contributed by atoms with Crippen molar-refractivity contribution in [3.63, 3.8) is 0 Å². The number of nitrogens with zero attached hydrogens (tertiary/aromatic N) is 5. The average Bonchev–Trinajstić information content (AvgIpc) is 3.39. The Kier molecular flexibility index (Phi) is 8.28. The lowest BCUT2D eigenvalue weighted by atomic mass is 10.1. The highest BCUT2D eigenvalue weighted by atomic mass is 127. The summed E-state index contributed by atoms with van der Waals surface area (Å²) in [6.07, 6.45) is 5.05. The summed E-state index contributed by atoms with van der Waals surface area (Å²) < 4.78 is 2.01. The minimum Gasteiger partial charge on any atom is -0.356 e. The van der Waals surface area contributed by atoms with Crippen LogP contribution in [0.3, 0.4) is 0 Å². The highest BCUT2D eigenvalue weighted by molar-refractivity contribution is 14.0. The first kappa shape index (κ1) is 23.5. The number of amides is 1. The Morgan fingerprint density at radius 1 is 1.29 bits per heavy atom. The number of halogens is 1. The predicted octanol–water partition coefficient (Wildman–Crippen LogP) is 2.31. The highest BCUT2D eigenvalue weighted by Gasteiger charge is 2.24. The molecule has 0 saturated carbocycles. The fourth-order valence-electron chi connectivity index (χ4n) is 4.19. The molecule has 2 aliphatic heterocycles. The van der Waals surface area contributed by atoms with Crippen LogP contribution in [0.25, 0.3) is 0 Å². The Morgan fingerprint density at radius 3 is 2.94 bits per heavy atom. The molecule has 3 heterocycles. The van der Waals surface area contributed by atoms with E-state index in [-0.39, 0.29) is 35.9 Å². The van der Waals surface area contributed by atoms with Gasteiger partial charge in [-0.05, 0) is 30.9 Å². The van der Waals surface area contributed by atoms with Gasteiger partial charge in [-0.1, -0.05) is 25.1 Å². The third-order valence-corrected chi connectivity index (χ3v) is 5.83. The maximum Gasteiger partial charge on any atom is 0.227 e. The molecule has 0 spiro atoms. The molecule has 1 atom stereocenters. The van der Waals surface area contributed by atoms with E-state index in [0.717, 1.165) is 68.5 Å². The second-order valence-corrected chi connectivity index (χ2v) is 7.89. The molecule has 0 radical (unpaired) electrons. The molecule has 0 aliphatic carbocycles. The first-order valence-electron chi connectivity index (χ1n) is 11.0. The first-order chi connectivity index (χ1) is 14.7. The van der Waals surface area contributed by atoms with Crippen molar-refractivity contribution in [1.29, 1.82) is 0 Å². The van der Waals surface area contributed by atoms with Gasteiger partial charge in [0.25, 0.3) is 0 Å². The van der Waals surface area contributed by atoms with Gasteiger partial charge in [0.15, 0.2) is 11.8 Å². The molecule has 2 aliphatic rings. The minimum atomic E-state index is 0. The maximum absolute atomic E-state index is 12.6. The van der Waals surface area contributed by atoms with Crippen LogP contribution in [0.5, 0.6) is 0 Å². The van der Waals surface area contributed by atoms with Crippen LogP contribution >= 0.6 is 24.0 Å². The zero-order chi connectivity index (χ0) is 20.9. The van der Waals surface area contributed by atoms with Crippen molar-refractivity contribution in [2.75, 3.05) is 25.0 Å². The first-order valence-corrected chi connectivity index (χ1v) is 11.0. The summed E-state index contributed by atoms with van der Waals surface area (Å²) in [5.41, 5.74) is 2.34. The van der Waals surface area contributed by atoms with Gasteiger partial charge in [-0.25, -0.2) is 9.67 Å². The van der Waals surface area contributed by atoms with Gasteiger partial charge in [-0.15, -0.1) is 24.0 Å². The second kappa shape index (κ2) is 10.9. The van der Waals surface area contributed by atoms with Crippen LogP contribution in [0.1, 0.15) is 43.4 Å². The summed E-state index contributed by atoms with van der Waals surface area (Å²) >= 11 is 0. The number of anilines is 1. The Labute approximate surface area is 200 Å². The van der Waals surface area contributed by atoms with Crippen LogP contribution in [-0.2, 0) is 30.6 Å². The number of fused-ring (bicyclic) bond motifs is 2. The van der Waals surface area contributed by atoms with E-state index in [4.69, 9.17) is 0 Å². The zero-order valence-corrected chi connectivity index (χ0v) is 20.6. The number of carbonyl (C=O) groups is 1. The van der Waals surface area contributed by atoms with Crippen molar-refractivity contribution >= 4 is 41.5 Å². The molecule has 4 rings (SSSR count). The SMILES string of the molecule is CCc1nc2n(n1)CC(NC(=NC)NCCCC(=O)N1CCc3ccccc31)CC2.I. The number of aryl methyl sites for hydroxylation is 2. The van der Waals surface area contributed by atoms with E-state index in [2.05, 4.69) is 38.7 Å². The topological polar surface area (TPSA) is 87.4 Å². The number of hydrogen-bond acceptors (Lipinski definition) is 4. The van der Waals surface area contributed by atoms with Crippen molar-refractivity contribution < 1.29 is 4.79 Å². The Hall–Kier alpha value is -2.17. The fraction of sp³-hybridized carbons (Fsp3) is 0.545. The summed E-state index contributed by atoms with van der Waals surface area (Å²) in [6, 6.07) is 8.46. The number of hydrogen-bond donors (Lipinski definition) is 2. The average molecular weight is 537 g/mol. The summed E-state index contributed by atoms with van der Waals surface area (Å²) in [4.78, 5) is 23.4. The van der Waals surface area contributed by atoms with Crippen molar-refractivity contribution in [2.45, 2.75) is 58.0 Å². The van der Waals surface area contributed by atoms with Gasteiger partial charge >= 0.3 is 0 Å². The third kappa shape index (κ3) is 5.55. The normalized spacial score (nSPS) is 17.5. The van der Waals surface area contributed by atoms with Crippen LogP contribution in [0.4, 0.5) is 5.69 Å². The van der Waals surface area contributed by atoms with E-state index < -0.39 is 0 Å². The third-order valence-electron chi connectivity index (χ3n) is 5.83. The van der Waals surface area contributed by atoms with Crippen LogP contribution in [0.15, 0.2) is 29.3 Å². The van der Waals surface area contributed by atoms with Gasteiger partial charge in [0.1, 0.15) is 5.82 Å². The van der Waals surface area contributed by atoms with Gasteiger partial charge in [0.2, 0.25) is 5.91 Å². The number of carbonyl (C=O) groups excluding carboxylic acids is 1. The molecule has 2 aromatic rings. The standard InChI is InChI=1S/C22H31N7O.HI/c1-3-19-26-20-11-10-17(15-29(20)27-19)25-22(23-2)24-13-6-9-21(30)28-14-12-16-7-4-5-8-18(16)28;/h4-5,7-8,17H,3,6,9-15H2,1-2H3,(H2,23,24,25);1H. The number of benzene rings is 1. The number of aliphatic imine (C=N–C) groups is 1. The molecule has 8 nitrogen and oxygen atoms in total. The Bertz CT molecular complexity index is 926. The highest BCUT2D eigenvalue weighted by Crippen LogP contribution is 2.27. The molecule has 9 heteroatoms. The quantitative estimate of drug-likeness (QED) is 0.256. The fourth-order valence-corrected chi connectivity index (χ4v) is 4.19. The van der Waals surface area contributed by atoms with Crippen molar-refractivity contribution in [1.82, 2.24) is 25.4 Å². The zero-order valence-electron chi connectivity index (χ0n) is 18.3. The summed E-state index contributed by atoms with van der Waals surface area (Å²) in [6.45, 7) is 4.38. The Morgan fingerprint density at radius 2 is 2.13 bits per heavy atom. The molecule has 1 amide bonds. The molecular weight excluding hydrogens is 505 g/mol. The molecule has 1 aromatic heterocycles. The van der Waals surface area contributed by atoms with E-state index in [9.17, 15) is 4.79 Å². The second-order valence-electron chi connectivity index (χ2n) is 7.89. The summed E-state index contributed by atoms with van der Waals surface area (Å²) in [5, 5.41) is 11.4. The number of guanidine groups is 1. The number of aromatic nitrogens is 3. The molecule has 2 N–H and O–H groups in total. The van der Waals surface area contributed by atoms with Crippen molar-refractivity contribution in [2.24, 2.45) is 4.99 Å². The molecular formula is C22H32IN7O. The maximum atomic E-state index is 12.6. The van der Waals surface area contributed by atoms with Gasteiger partial charge in [-0.3, -0.25) is 9.79 Å². The van der Waals surface area contributed by atoms with Gasteiger partial charge in [0.05, 0.1) is 6.54 Å². The lowest BCUT2D eigenvalue weighted by Crippen LogP contribution is -2.47. The summed E-state index contributed by atoms with van der Waals surface area (Å²) in [5.74, 6) is 2.97. The van der Waals surface area contributed by atoms with Gasteiger partial charge in [-0.2, -0.15) is 5.10 Å². The molecule has 31 heavy (non-hydrogen) atoms. The molecule has 1 aromatic carbocycles. The predicted molar refractivity (Wildman–Crippen MR) is 133 cm³/mol. The van der Waals surface area contributed by atoms with Gasteiger partial charge in [0, 0.05) is 51.1 Å². The number of rotatable bonds is 6. The molecule has 168 valence electrons. The van der Waals surface area contributed by atoms with Crippen molar-refractivity contribution in [3.8, 4) is 0 Å². The van der Waals surface area contributed by atoms with Crippen LogP contribution in [-0.4, -0.2) is 52.8 Å². The van der Waals surface area contributed by atoms with Gasteiger partial charge < -0.3 is 15.5 Å². The molecule has 0 bridgehead atoms. The van der Waals surface area contributed by atoms with Crippen LogP contribution in [0, 0.1) is 0 Å². The van der Waals surface area contributed by atoms with E-state index in [1.54, 1.807) is 7.05 Å². The monoisotopic (exact) mass is 537 g/mol. The molecule has 1 unspecified atom stereocenters. The largest absolute Gasteiger partial charge is 0.356 e. The van der Waals surface area contributed by atoms with E-state index in [1.165, 1.54) is 5.56 Å². The van der Waals surface area contributed by atoms with E-state index in [0.29, 0.717) is 13.0 Å². The smallest absolute Gasteiger partial charge is 0.227 e. The Balaban J connectivity index is 0.00000272. The molecule has 0 fully saturated rings. The lowest BCUT2D eigenvalue weighted by Gasteiger charge is -2.25. The van der Waals surface area contributed by atoms with Crippen LogP contribution < -0.4 is 15.5 Å². The summed E-state index contributed by atoms with van der Waals surface area (Å²) in [7, 11) is 1.78. The van der Waals surface area contributed by atoms with E-state index >= 15 is 0 Å². The number of para-hydroxylation sites is 1. The van der Waals surface area contributed by atoms with Crippen LogP contribution in [0.2, 0.25) is 0 Å². The van der Waals surface area contributed by atoms with Crippen molar-refractivity contribution in [3.05, 3.63) is 41.5 Å².